The number of fused-ring (bicyclic) bond motifs is 1. The van der Waals surface area contributed by atoms with Gasteiger partial charge in [-0.15, -0.1) is 0 Å². The van der Waals surface area contributed by atoms with Gasteiger partial charge in [0.15, 0.2) is 15.4 Å². The molecule has 3 rings (SSSR count). The molecule has 0 bridgehead atoms. The molecule has 144 valence electrons. The molecule has 1 aliphatic rings. The van der Waals surface area contributed by atoms with Crippen molar-refractivity contribution in [3.63, 3.8) is 0 Å². The van der Waals surface area contributed by atoms with Crippen LogP contribution in [0.5, 0.6) is 0 Å². The summed E-state index contributed by atoms with van der Waals surface area (Å²) >= 11 is 6.44. The Labute approximate surface area is 168 Å². The fourth-order valence-corrected chi connectivity index (χ4v) is 6.90. The molecule has 2 heterocycles. The number of halogens is 1. The first-order chi connectivity index (χ1) is 12.3. The molecular formula is C17H25B3ClNO4S. The number of sulfone groups is 1. The van der Waals surface area contributed by atoms with E-state index >= 15 is 0 Å². The van der Waals surface area contributed by atoms with Crippen molar-refractivity contribution >= 4 is 56.1 Å². The van der Waals surface area contributed by atoms with Gasteiger partial charge in [0, 0.05) is 18.6 Å². The van der Waals surface area contributed by atoms with Crippen LogP contribution >= 0.6 is 11.6 Å². The molecule has 1 aliphatic heterocycles. The summed E-state index contributed by atoms with van der Waals surface area (Å²) in [6, 6.07) is 3.31. The lowest BCUT2D eigenvalue weighted by Crippen LogP contribution is -2.54. The number of aromatic nitrogens is 1. The van der Waals surface area contributed by atoms with Crippen LogP contribution in [0.3, 0.4) is 0 Å². The van der Waals surface area contributed by atoms with Crippen molar-refractivity contribution in [2.45, 2.75) is 53.8 Å². The Hall–Kier alpha value is -0.915. The fourth-order valence-electron chi connectivity index (χ4n) is 3.83. The first-order valence-corrected chi connectivity index (χ1v) is 11.1. The van der Waals surface area contributed by atoms with E-state index in [0.29, 0.717) is 37.5 Å². The van der Waals surface area contributed by atoms with Crippen molar-refractivity contribution in [1.29, 1.82) is 0 Å². The molecule has 0 atom stereocenters. The second-order valence-electron chi connectivity index (χ2n) is 9.35. The van der Waals surface area contributed by atoms with Gasteiger partial charge in [-0.3, -0.25) is 0 Å². The van der Waals surface area contributed by atoms with Crippen LogP contribution in [0.15, 0.2) is 21.4 Å². The highest BCUT2D eigenvalue weighted by Gasteiger charge is 2.54. The highest BCUT2D eigenvalue weighted by atomic mass is 35.5. The van der Waals surface area contributed by atoms with E-state index in [0.717, 1.165) is 0 Å². The molecule has 1 aromatic heterocycles. The molecule has 5 nitrogen and oxygen atoms in total. The smallest absolute Gasteiger partial charge is 0.200 e. The van der Waals surface area contributed by atoms with Gasteiger partial charge in [0.1, 0.15) is 10.4 Å². The van der Waals surface area contributed by atoms with Gasteiger partial charge >= 0.3 is 0 Å². The van der Waals surface area contributed by atoms with E-state index in [1.807, 2.05) is 44.3 Å². The minimum Gasteiger partial charge on any atom is -0.439 e. The lowest BCUT2D eigenvalue weighted by molar-refractivity contribution is 0.0747. The molecule has 27 heavy (non-hydrogen) atoms. The number of nitrogens with zero attached hydrogens (tertiary/aromatic N) is 1. The van der Waals surface area contributed by atoms with E-state index in [1.54, 1.807) is 12.1 Å². The maximum atomic E-state index is 14.0. The average molecular weight is 407 g/mol. The highest BCUT2D eigenvalue weighted by Crippen LogP contribution is 2.49. The van der Waals surface area contributed by atoms with Crippen LogP contribution in [0.4, 0.5) is 0 Å². The minimum atomic E-state index is -3.82. The van der Waals surface area contributed by atoms with Crippen molar-refractivity contribution in [2.75, 3.05) is 13.2 Å². The molecular weight excluding hydrogens is 382 g/mol. The van der Waals surface area contributed by atoms with Crippen molar-refractivity contribution in [3.8, 4) is 0 Å². The third-order valence-corrected chi connectivity index (χ3v) is 8.98. The van der Waals surface area contributed by atoms with Gasteiger partial charge in [0.25, 0.3) is 0 Å². The van der Waals surface area contributed by atoms with Crippen LogP contribution in [-0.2, 0) is 20.0 Å². The molecule has 2 aromatic rings. The van der Waals surface area contributed by atoms with Crippen LogP contribution in [0.2, 0.25) is 10.1 Å². The molecule has 1 aromatic carbocycles. The zero-order valence-corrected chi connectivity index (χ0v) is 18.4. The molecule has 0 aliphatic carbocycles. The Balaban J connectivity index is 2.32. The van der Waals surface area contributed by atoms with Crippen molar-refractivity contribution in [2.24, 2.45) is 0 Å². The Morgan fingerprint density at radius 2 is 1.74 bits per heavy atom. The van der Waals surface area contributed by atoms with E-state index in [-0.39, 0.29) is 20.9 Å². The third-order valence-electron chi connectivity index (χ3n) is 5.56. The summed E-state index contributed by atoms with van der Waals surface area (Å²) < 4.78 is 38.5. The first kappa shape index (κ1) is 20.8. The van der Waals surface area contributed by atoms with E-state index < -0.39 is 19.7 Å². The molecule has 0 radical (unpaired) electrons. The van der Waals surface area contributed by atoms with Crippen molar-refractivity contribution in [1.82, 2.24) is 4.98 Å². The minimum absolute atomic E-state index is 0.0569. The second-order valence-corrected chi connectivity index (χ2v) is 12.0. The maximum absolute atomic E-state index is 14.0. The van der Waals surface area contributed by atoms with Crippen LogP contribution in [0.25, 0.3) is 11.1 Å². The van der Waals surface area contributed by atoms with Gasteiger partial charge in [-0.25, -0.2) is 13.4 Å². The lowest BCUT2D eigenvalue weighted by Gasteiger charge is -2.46. The van der Waals surface area contributed by atoms with Crippen LogP contribution in [0, 0.1) is 0 Å². The molecule has 1 saturated heterocycles. The summed E-state index contributed by atoms with van der Waals surface area (Å²) in [4.78, 5) is 4.57. The quantitative estimate of drug-likeness (QED) is 0.713. The summed E-state index contributed by atoms with van der Waals surface area (Å²) in [6.45, 7) is 6.75. The summed E-state index contributed by atoms with van der Waals surface area (Å²) in [5.41, 5.74) is 0.425. The maximum Gasteiger partial charge on any atom is 0.200 e. The topological polar surface area (TPSA) is 69.4 Å². The Kier molecular flexibility index (Phi) is 5.06. The lowest BCUT2D eigenvalue weighted by atomic mass is 9.36. The van der Waals surface area contributed by atoms with E-state index in [1.165, 1.54) is 0 Å². The van der Waals surface area contributed by atoms with Gasteiger partial charge in [-0.2, -0.15) is 0 Å². The van der Waals surface area contributed by atoms with Gasteiger partial charge in [0.2, 0.25) is 5.89 Å². The zero-order valence-electron chi connectivity index (χ0n) is 16.8. The number of benzene rings is 1. The van der Waals surface area contributed by atoms with Crippen molar-refractivity contribution < 1.29 is 17.6 Å². The molecule has 1 fully saturated rings. The number of rotatable bonds is 3. The average Bonchev–Trinajstić information content (AvgIpc) is 2.98. The molecule has 0 saturated carbocycles. The van der Waals surface area contributed by atoms with Gasteiger partial charge in [0.05, 0.1) is 33.3 Å². The molecule has 0 unspecified atom stereocenters. The SMILES string of the molecule is BC(B)(B)C1(S(=O)(=O)c2c(Cl)ccc3nc(C(C)(C)C)oc23)CCOCC1. The van der Waals surface area contributed by atoms with E-state index in [2.05, 4.69) is 4.98 Å². The largest absolute Gasteiger partial charge is 0.439 e. The van der Waals surface area contributed by atoms with Crippen molar-refractivity contribution in [3.05, 3.63) is 23.0 Å². The summed E-state index contributed by atoms with van der Waals surface area (Å²) in [6.07, 6.45) is 0.845. The Morgan fingerprint density at radius 1 is 1.15 bits per heavy atom. The number of hydrogen-bond acceptors (Lipinski definition) is 5. The molecule has 0 N–H and O–H groups in total. The normalized spacial score (nSPS) is 18.7. The van der Waals surface area contributed by atoms with E-state index in [9.17, 15) is 8.42 Å². The predicted molar refractivity (Wildman–Crippen MR) is 116 cm³/mol. The molecule has 0 spiro atoms. The van der Waals surface area contributed by atoms with Gasteiger partial charge < -0.3 is 9.15 Å². The predicted octanol–water partition coefficient (Wildman–Crippen LogP) is 1.07. The summed E-state index contributed by atoms with van der Waals surface area (Å²) in [7, 11) is 2.07. The molecule has 10 heteroatoms. The first-order valence-electron chi connectivity index (χ1n) is 9.23. The molecule has 0 amide bonds. The Morgan fingerprint density at radius 3 is 2.26 bits per heavy atom. The van der Waals surface area contributed by atoms with Gasteiger partial charge in [-0.05, 0) is 25.0 Å². The standard InChI is InChI=1S/C17H25B3ClNO4S/c1-15(2,3)14-22-11-5-4-10(21)13(12(11)26-14)27(23,24)16(17(18,19)20)6-8-25-9-7-16/h4-5H,6-9,18-20H2,1-3H3. The van der Waals surface area contributed by atoms with Crippen LogP contribution < -0.4 is 0 Å². The highest BCUT2D eigenvalue weighted by molar-refractivity contribution is 7.93. The zero-order chi connectivity index (χ0) is 20.3. The monoisotopic (exact) mass is 407 g/mol. The third kappa shape index (κ3) is 3.26. The Bertz CT molecular complexity index is 970. The van der Waals surface area contributed by atoms with E-state index in [4.69, 9.17) is 20.8 Å². The summed E-state index contributed by atoms with van der Waals surface area (Å²) in [5, 5.41) is -0.317. The van der Waals surface area contributed by atoms with Crippen LogP contribution in [0.1, 0.15) is 39.5 Å². The fraction of sp³-hybridized carbons (Fsp3) is 0.588. The number of hydrogen-bond donors (Lipinski definition) is 0. The second kappa shape index (κ2) is 6.56. The summed E-state index contributed by atoms with van der Waals surface area (Å²) in [5.74, 6) is 0.494. The van der Waals surface area contributed by atoms with Crippen LogP contribution in [-0.4, -0.2) is 54.9 Å². The number of ether oxygens (including phenoxy) is 1. The number of oxazole rings is 1. The van der Waals surface area contributed by atoms with Gasteiger partial charge in [-0.1, -0.05) is 37.5 Å².